The van der Waals surface area contributed by atoms with Crippen LogP contribution in [0.3, 0.4) is 0 Å². The molecule has 1 amide bonds. The van der Waals surface area contributed by atoms with Gasteiger partial charge in [-0.3, -0.25) is 4.90 Å². The Morgan fingerprint density at radius 2 is 1.83 bits per heavy atom. The molecule has 0 aromatic heterocycles. The SMILES string of the molecule is CN1CCC(CN(C(=O)O)C2(c3ccccc3)CCCC2)CC1. The maximum Gasteiger partial charge on any atom is 0.408 e. The summed E-state index contributed by atoms with van der Waals surface area (Å²) in [5, 5.41) is 9.96. The normalized spacial score (nSPS) is 22.1. The lowest BCUT2D eigenvalue weighted by Gasteiger charge is -2.43. The van der Waals surface area contributed by atoms with Crippen LogP contribution in [0.1, 0.15) is 44.1 Å². The van der Waals surface area contributed by atoms with Crippen LogP contribution in [0.5, 0.6) is 0 Å². The van der Waals surface area contributed by atoms with Gasteiger partial charge in [0.2, 0.25) is 0 Å². The van der Waals surface area contributed by atoms with Gasteiger partial charge in [0.1, 0.15) is 0 Å². The average molecular weight is 316 g/mol. The van der Waals surface area contributed by atoms with Crippen LogP contribution in [0.25, 0.3) is 0 Å². The van der Waals surface area contributed by atoms with Crippen LogP contribution in [0.4, 0.5) is 4.79 Å². The standard InChI is InChI=1S/C19H28N2O2/c1-20-13-9-16(10-14-20)15-21(18(22)23)19(11-5-6-12-19)17-7-3-2-4-8-17/h2-4,7-8,16H,5-6,9-15H2,1H3,(H,22,23). The summed E-state index contributed by atoms with van der Waals surface area (Å²) in [7, 11) is 2.15. The Bertz CT molecular complexity index is 517. The summed E-state index contributed by atoms with van der Waals surface area (Å²) in [6.45, 7) is 2.84. The van der Waals surface area contributed by atoms with Gasteiger partial charge in [0.15, 0.2) is 0 Å². The van der Waals surface area contributed by atoms with E-state index in [1.54, 1.807) is 4.90 Å². The van der Waals surface area contributed by atoms with Crippen LogP contribution in [0.2, 0.25) is 0 Å². The molecule has 4 nitrogen and oxygen atoms in total. The van der Waals surface area contributed by atoms with E-state index in [1.807, 2.05) is 18.2 Å². The van der Waals surface area contributed by atoms with Crippen LogP contribution in [0.15, 0.2) is 30.3 Å². The van der Waals surface area contributed by atoms with Crippen molar-refractivity contribution in [1.29, 1.82) is 0 Å². The summed E-state index contributed by atoms with van der Waals surface area (Å²) in [6.07, 6.45) is 5.59. The third-order valence-corrected chi connectivity index (χ3v) is 5.77. The zero-order valence-electron chi connectivity index (χ0n) is 14.1. The van der Waals surface area contributed by atoms with E-state index in [-0.39, 0.29) is 5.54 Å². The molecule has 2 aliphatic rings. The molecule has 1 heterocycles. The highest BCUT2D eigenvalue weighted by Gasteiger charge is 2.44. The van der Waals surface area contributed by atoms with Crippen molar-refractivity contribution in [1.82, 2.24) is 9.80 Å². The third kappa shape index (κ3) is 3.37. The Morgan fingerprint density at radius 1 is 1.22 bits per heavy atom. The highest BCUT2D eigenvalue weighted by Crippen LogP contribution is 2.44. The fourth-order valence-electron chi connectivity index (χ4n) is 4.36. The second kappa shape index (κ2) is 6.91. The first-order chi connectivity index (χ1) is 11.1. The van der Waals surface area contributed by atoms with Gasteiger partial charge in [-0.2, -0.15) is 0 Å². The fourth-order valence-corrected chi connectivity index (χ4v) is 4.36. The number of piperidine rings is 1. The Labute approximate surface area is 139 Å². The molecule has 2 fully saturated rings. The van der Waals surface area contributed by atoms with Crippen molar-refractivity contribution < 1.29 is 9.90 Å². The number of likely N-dealkylation sites (tertiary alicyclic amines) is 1. The van der Waals surface area contributed by atoms with Crippen LogP contribution in [-0.4, -0.2) is 47.7 Å². The van der Waals surface area contributed by atoms with E-state index < -0.39 is 6.09 Å². The molecule has 1 aromatic rings. The van der Waals surface area contributed by atoms with Crippen molar-refractivity contribution in [3.8, 4) is 0 Å². The molecular formula is C19H28N2O2. The molecule has 1 aliphatic heterocycles. The monoisotopic (exact) mass is 316 g/mol. The van der Waals surface area contributed by atoms with E-state index in [1.165, 1.54) is 5.56 Å². The molecule has 1 aromatic carbocycles. The molecule has 0 radical (unpaired) electrons. The molecule has 0 bridgehead atoms. The van der Waals surface area contributed by atoms with E-state index in [0.717, 1.165) is 51.6 Å². The highest BCUT2D eigenvalue weighted by atomic mass is 16.4. The molecule has 1 aliphatic carbocycles. The van der Waals surface area contributed by atoms with Gasteiger partial charge in [0, 0.05) is 6.54 Å². The van der Waals surface area contributed by atoms with Crippen molar-refractivity contribution >= 4 is 6.09 Å². The second-order valence-corrected chi connectivity index (χ2v) is 7.24. The zero-order chi connectivity index (χ0) is 16.3. The number of benzene rings is 1. The number of hydrogen-bond donors (Lipinski definition) is 1. The van der Waals surface area contributed by atoms with E-state index >= 15 is 0 Å². The van der Waals surface area contributed by atoms with Crippen molar-refractivity contribution in [3.05, 3.63) is 35.9 Å². The van der Waals surface area contributed by atoms with Crippen molar-refractivity contribution in [2.24, 2.45) is 5.92 Å². The summed E-state index contributed by atoms with van der Waals surface area (Å²) >= 11 is 0. The van der Waals surface area contributed by atoms with Crippen LogP contribution >= 0.6 is 0 Å². The Balaban J connectivity index is 1.84. The summed E-state index contributed by atoms with van der Waals surface area (Å²) < 4.78 is 0. The van der Waals surface area contributed by atoms with E-state index in [4.69, 9.17) is 0 Å². The first kappa shape index (κ1) is 16.3. The topological polar surface area (TPSA) is 43.8 Å². The van der Waals surface area contributed by atoms with Crippen molar-refractivity contribution in [3.63, 3.8) is 0 Å². The molecule has 0 unspecified atom stereocenters. The van der Waals surface area contributed by atoms with Crippen molar-refractivity contribution in [2.75, 3.05) is 26.7 Å². The molecule has 126 valence electrons. The van der Waals surface area contributed by atoms with Gasteiger partial charge >= 0.3 is 6.09 Å². The summed E-state index contributed by atoms with van der Waals surface area (Å²) in [6, 6.07) is 10.3. The molecule has 23 heavy (non-hydrogen) atoms. The number of carboxylic acid groups (broad SMARTS) is 1. The lowest BCUT2D eigenvalue weighted by atomic mass is 9.84. The molecule has 0 spiro atoms. The highest BCUT2D eigenvalue weighted by molar-refractivity contribution is 5.67. The molecule has 3 rings (SSSR count). The predicted molar refractivity (Wildman–Crippen MR) is 91.5 cm³/mol. The summed E-state index contributed by atoms with van der Waals surface area (Å²) in [5.74, 6) is 0.489. The van der Waals surface area contributed by atoms with Gasteiger partial charge in [0.25, 0.3) is 0 Å². The third-order valence-electron chi connectivity index (χ3n) is 5.77. The number of amides is 1. The lowest BCUT2D eigenvalue weighted by Crippen LogP contribution is -2.50. The predicted octanol–water partition coefficient (Wildman–Crippen LogP) is 3.78. The Morgan fingerprint density at radius 3 is 2.39 bits per heavy atom. The molecule has 1 saturated heterocycles. The smallest absolute Gasteiger partial charge is 0.408 e. The van der Waals surface area contributed by atoms with Gasteiger partial charge in [0.05, 0.1) is 5.54 Å². The summed E-state index contributed by atoms with van der Waals surface area (Å²) in [4.78, 5) is 16.2. The van der Waals surface area contributed by atoms with Gasteiger partial charge in [-0.05, 0) is 57.3 Å². The maximum atomic E-state index is 12.1. The van der Waals surface area contributed by atoms with Crippen LogP contribution < -0.4 is 0 Å². The average Bonchev–Trinajstić information content (AvgIpc) is 3.05. The van der Waals surface area contributed by atoms with Gasteiger partial charge in [-0.1, -0.05) is 43.2 Å². The summed E-state index contributed by atoms with van der Waals surface area (Å²) in [5.41, 5.74) is 0.865. The first-order valence-electron chi connectivity index (χ1n) is 8.86. The molecule has 0 atom stereocenters. The minimum absolute atomic E-state index is 0.309. The molecule has 1 N–H and O–H groups in total. The zero-order valence-corrected chi connectivity index (χ0v) is 14.1. The number of nitrogens with zero attached hydrogens (tertiary/aromatic N) is 2. The van der Waals surface area contributed by atoms with Crippen LogP contribution in [-0.2, 0) is 5.54 Å². The number of carbonyl (C=O) groups is 1. The minimum atomic E-state index is -0.755. The van der Waals surface area contributed by atoms with Gasteiger partial charge in [-0.25, -0.2) is 4.79 Å². The Kier molecular flexibility index (Phi) is 4.90. The van der Waals surface area contributed by atoms with Gasteiger partial charge in [-0.15, -0.1) is 0 Å². The number of hydrogen-bond acceptors (Lipinski definition) is 2. The van der Waals surface area contributed by atoms with E-state index in [0.29, 0.717) is 12.5 Å². The molecule has 1 saturated carbocycles. The van der Waals surface area contributed by atoms with E-state index in [9.17, 15) is 9.90 Å². The largest absolute Gasteiger partial charge is 0.465 e. The Hall–Kier alpha value is -1.55. The van der Waals surface area contributed by atoms with Crippen LogP contribution in [0, 0.1) is 5.92 Å². The molecular weight excluding hydrogens is 288 g/mol. The van der Waals surface area contributed by atoms with E-state index in [2.05, 4.69) is 24.1 Å². The second-order valence-electron chi connectivity index (χ2n) is 7.24. The fraction of sp³-hybridized carbons (Fsp3) is 0.632. The van der Waals surface area contributed by atoms with Gasteiger partial charge < -0.3 is 10.0 Å². The maximum absolute atomic E-state index is 12.1. The first-order valence-corrected chi connectivity index (χ1v) is 8.86. The quantitative estimate of drug-likeness (QED) is 0.919. The van der Waals surface area contributed by atoms with Crippen molar-refractivity contribution in [2.45, 2.75) is 44.1 Å². The molecule has 4 heteroatoms. The number of rotatable bonds is 4. The minimum Gasteiger partial charge on any atom is -0.465 e. The lowest BCUT2D eigenvalue weighted by molar-refractivity contribution is 0.0536.